The van der Waals surface area contributed by atoms with E-state index in [1.807, 2.05) is 24.3 Å². The molecule has 0 unspecified atom stereocenters. The van der Waals surface area contributed by atoms with Gasteiger partial charge in [0.2, 0.25) is 0 Å². The molecule has 1 aromatic heterocycles. The normalized spacial score (nSPS) is 11.7. The Morgan fingerprint density at radius 3 is 2.34 bits per heavy atom. The first-order chi connectivity index (χ1) is 14.1. The number of fused-ring (bicyclic) bond motifs is 3. The SMILES string of the molecule is O=C(NCC#Cc1c[nH]c(=O)[nH]c1=O)OCC1c2ccccc2-c2ccccc21. The van der Waals surface area contributed by atoms with Gasteiger partial charge in [0.25, 0.3) is 5.56 Å². The van der Waals surface area contributed by atoms with Gasteiger partial charge in [0.05, 0.1) is 6.54 Å². The van der Waals surface area contributed by atoms with Crippen molar-refractivity contribution in [3.05, 3.63) is 92.3 Å². The fraction of sp³-hybridized carbons (Fsp3) is 0.136. The van der Waals surface area contributed by atoms with Gasteiger partial charge in [-0.25, -0.2) is 9.59 Å². The zero-order valence-corrected chi connectivity index (χ0v) is 15.3. The molecule has 144 valence electrons. The zero-order valence-electron chi connectivity index (χ0n) is 15.3. The Morgan fingerprint density at radius 1 is 1.03 bits per heavy atom. The minimum atomic E-state index is -0.600. The molecule has 1 aliphatic carbocycles. The molecule has 0 bridgehead atoms. The van der Waals surface area contributed by atoms with Crippen molar-refractivity contribution in [1.29, 1.82) is 0 Å². The summed E-state index contributed by atoms with van der Waals surface area (Å²) in [5, 5.41) is 2.54. The van der Waals surface area contributed by atoms with Crippen LogP contribution in [0.4, 0.5) is 4.79 Å². The second-order valence-corrected chi connectivity index (χ2v) is 6.47. The molecule has 0 saturated carbocycles. The summed E-state index contributed by atoms with van der Waals surface area (Å²) in [5.41, 5.74) is 3.53. The second kappa shape index (κ2) is 7.90. The number of H-pyrrole nitrogens is 2. The molecule has 0 fully saturated rings. The van der Waals surface area contributed by atoms with Crippen LogP contribution in [0.2, 0.25) is 0 Å². The number of benzene rings is 2. The lowest BCUT2D eigenvalue weighted by Crippen LogP contribution is -2.26. The molecule has 0 spiro atoms. The zero-order chi connectivity index (χ0) is 20.2. The van der Waals surface area contributed by atoms with E-state index in [1.54, 1.807) is 0 Å². The van der Waals surface area contributed by atoms with E-state index in [-0.39, 0.29) is 24.6 Å². The van der Waals surface area contributed by atoms with Crippen LogP contribution in [0.25, 0.3) is 11.1 Å². The Balaban J connectivity index is 1.37. The van der Waals surface area contributed by atoms with Gasteiger partial charge in [0.15, 0.2) is 0 Å². The first kappa shape index (κ1) is 18.3. The standard InChI is InChI=1S/C22H17N3O4/c26-20-14(12-24-21(27)25-20)6-5-11-23-22(28)29-13-19-17-9-3-1-7-15(17)16-8-2-4-10-18(16)19/h1-4,7-10,12,19H,11,13H2,(H,23,28)(H2,24,25,26,27). The average molecular weight is 387 g/mol. The topological polar surface area (TPSA) is 104 Å². The van der Waals surface area contributed by atoms with E-state index in [0.29, 0.717) is 0 Å². The lowest BCUT2D eigenvalue weighted by molar-refractivity contribution is 0.144. The molecule has 1 amide bonds. The summed E-state index contributed by atoms with van der Waals surface area (Å²) in [6.07, 6.45) is 0.637. The van der Waals surface area contributed by atoms with Crippen LogP contribution in [0.15, 0.2) is 64.3 Å². The Kier molecular flexibility index (Phi) is 4.99. The highest BCUT2D eigenvalue weighted by molar-refractivity contribution is 5.79. The smallest absolute Gasteiger partial charge is 0.407 e. The van der Waals surface area contributed by atoms with Crippen molar-refractivity contribution in [3.63, 3.8) is 0 Å². The minimum Gasteiger partial charge on any atom is -0.449 e. The van der Waals surface area contributed by atoms with Crippen molar-refractivity contribution < 1.29 is 9.53 Å². The van der Waals surface area contributed by atoms with Crippen molar-refractivity contribution in [2.75, 3.05) is 13.2 Å². The second-order valence-electron chi connectivity index (χ2n) is 6.47. The molecule has 3 aromatic rings. The number of rotatable bonds is 3. The Morgan fingerprint density at radius 2 is 1.69 bits per heavy atom. The number of nitrogens with one attached hydrogen (secondary N) is 3. The largest absolute Gasteiger partial charge is 0.449 e. The molecule has 4 rings (SSSR count). The summed E-state index contributed by atoms with van der Waals surface area (Å²) in [4.78, 5) is 38.9. The van der Waals surface area contributed by atoms with Crippen LogP contribution in [0.5, 0.6) is 0 Å². The molecule has 1 heterocycles. The van der Waals surface area contributed by atoms with Gasteiger partial charge in [-0.3, -0.25) is 9.78 Å². The van der Waals surface area contributed by atoms with Gasteiger partial charge in [-0.15, -0.1) is 0 Å². The lowest BCUT2D eigenvalue weighted by Gasteiger charge is -2.14. The fourth-order valence-electron chi connectivity index (χ4n) is 3.41. The van der Waals surface area contributed by atoms with Gasteiger partial charge in [0.1, 0.15) is 12.2 Å². The van der Waals surface area contributed by atoms with Crippen LogP contribution >= 0.6 is 0 Å². The number of hydrogen-bond donors (Lipinski definition) is 3. The van der Waals surface area contributed by atoms with E-state index in [0.717, 1.165) is 22.3 Å². The third-order valence-corrected chi connectivity index (χ3v) is 4.71. The number of carbonyl (C=O) groups is 1. The van der Waals surface area contributed by atoms with E-state index in [2.05, 4.69) is 51.4 Å². The summed E-state index contributed by atoms with van der Waals surface area (Å²) in [6, 6.07) is 16.2. The molecular formula is C22H17N3O4. The fourth-order valence-corrected chi connectivity index (χ4v) is 3.41. The third kappa shape index (κ3) is 3.82. The molecular weight excluding hydrogens is 370 g/mol. The van der Waals surface area contributed by atoms with Crippen LogP contribution in [0, 0.1) is 11.8 Å². The van der Waals surface area contributed by atoms with Gasteiger partial charge in [-0.1, -0.05) is 60.4 Å². The molecule has 0 radical (unpaired) electrons. The van der Waals surface area contributed by atoms with Crippen molar-refractivity contribution >= 4 is 6.09 Å². The molecule has 0 atom stereocenters. The van der Waals surface area contributed by atoms with Crippen LogP contribution in [0.1, 0.15) is 22.6 Å². The summed E-state index contributed by atoms with van der Waals surface area (Å²) in [5.74, 6) is 5.22. The lowest BCUT2D eigenvalue weighted by atomic mass is 9.98. The van der Waals surface area contributed by atoms with Crippen molar-refractivity contribution in [3.8, 4) is 23.0 Å². The molecule has 3 N–H and O–H groups in total. The number of carbonyl (C=O) groups excluding carboxylic acids is 1. The summed E-state index contributed by atoms with van der Waals surface area (Å²) in [7, 11) is 0. The van der Waals surface area contributed by atoms with Gasteiger partial charge in [-0.05, 0) is 22.3 Å². The summed E-state index contributed by atoms with van der Waals surface area (Å²) < 4.78 is 5.40. The number of ether oxygens (including phenoxy) is 1. The highest BCUT2D eigenvalue weighted by Crippen LogP contribution is 2.44. The number of alkyl carbamates (subject to hydrolysis) is 1. The quantitative estimate of drug-likeness (QED) is 0.598. The molecule has 7 nitrogen and oxygen atoms in total. The van der Waals surface area contributed by atoms with E-state index in [9.17, 15) is 14.4 Å². The molecule has 29 heavy (non-hydrogen) atoms. The third-order valence-electron chi connectivity index (χ3n) is 4.71. The van der Waals surface area contributed by atoms with Crippen LogP contribution in [-0.4, -0.2) is 29.2 Å². The van der Waals surface area contributed by atoms with Crippen LogP contribution in [-0.2, 0) is 4.74 Å². The first-order valence-electron chi connectivity index (χ1n) is 9.03. The number of hydrogen-bond acceptors (Lipinski definition) is 4. The first-order valence-corrected chi connectivity index (χ1v) is 9.03. The number of amides is 1. The Labute approximate surface area is 165 Å². The van der Waals surface area contributed by atoms with Crippen LogP contribution < -0.4 is 16.6 Å². The Hall–Kier alpha value is -4.05. The summed E-state index contributed by atoms with van der Waals surface area (Å²) >= 11 is 0. The predicted molar refractivity (Wildman–Crippen MR) is 108 cm³/mol. The number of aromatic nitrogens is 2. The van der Waals surface area contributed by atoms with Gasteiger partial charge < -0.3 is 15.0 Å². The maximum atomic E-state index is 12.0. The van der Waals surface area contributed by atoms with Crippen molar-refractivity contribution in [2.45, 2.75) is 5.92 Å². The molecule has 7 heteroatoms. The van der Waals surface area contributed by atoms with Gasteiger partial charge >= 0.3 is 11.8 Å². The monoisotopic (exact) mass is 387 g/mol. The van der Waals surface area contributed by atoms with Gasteiger partial charge in [-0.2, -0.15) is 0 Å². The summed E-state index contributed by atoms with van der Waals surface area (Å²) in [6.45, 7) is 0.224. The van der Waals surface area contributed by atoms with Crippen molar-refractivity contribution in [1.82, 2.24) is 15.3 Å². The van der Waals surface area contributed by atoms with E-state index >= 15 is 0 Å². The number of aromatic amines is 2. The molecule has 0 aliphatic heterocycles. The highest BCUT2D eigenvalue weighted by atomic mass is 16.5. The molecule has 1 aliphatic rings. The van der Waals surface area contributed by atoms with E-state index in [4.69, 9.17) is 4.74 Å². The highest BCUT2D eigenvalue weighted by Gasteiger charge is 2.28. The predicted octanol–water partition coefficient (Wildman–Crippen LogP) is 1.95. The molecule has 2 aromatic carbocycles. The van der Waals surface area contributed by atoms with Gasteiger partial charge in [0, 0.05) is 12.1 Å². The van der Waals surface area contributed by atoms with Crippen LogP contribution in [0.3, 0.4) is 0 Å². The average Bonchev–Trinajstić information content (AvgIpc) is 3.05. The minimum absolute atomic E-state index is 0.00917. The van der Waals surface area contributed by atoms with E-state index in [1.165, 1.54) is 6.20 Å². The Bertz CT molecular complexity index is 1200. The maximum Gasteiger partial charge on any atom is 0.407 e. The molecule has 0 saturated heterocycles. The van der Waals surface area contributed by atoms with E-state index < -0.39 is 17.3 Å². The van der Waals surface area contributed by atoms with Crippen molar-refractivity contribution in [2.24, 2.45) is 0 Å². The maximum absolute atomic E-state index is 12.0.